The third-order valence-corrected chi connectivity index (χ3v) is 2.27. The fraction of sp³-hybridized carbons (Fsp3) is 0.385. The fourth-order valence-electron chi connectivity index (χ4n) is 1.49. The SMILES string of the molecule is CCc1cc(C=CCCN)cc(OC(F)(F)F)c1. The van der Waals surface area contributed by atoms with Crippen molar-refractivity contribution in [2.24, 2.45) is 5.73 Å². The quantitative estimate of drug-likeness (QED) is 0.878. The Morgan fingerprint density at radius 1 is 1.28 bits per heavy atom. The molecule has 0 heterocycles. The van der Waals surface area contributed by atoms with Crippen LogP contribution in [0.3, 0.4) is 0 Å². The summed E-state index contributed by atoms with van der Waals surface area (Å²) in [7, 11) is 0. The van der Waals surface area contributed by atoms with Gasteiger partial charge in [0, 0.05) is 0 Å². The summed E-state index contributed by atoms with van der Waals surface area (Å²) in [6.45, 7) is 2.38. The van der Waals surface area contributed by atoms with Gasteiger partial charge in [0.1, 0.15) is 5.75 Å². The van der Waals surface area contributed by atoms with Crippen LogP contribution in [-0.2, 0) is 6.42 Å². The Labute approximate surface area is 104 Å². The van der Waals surface area contributed by atoms with E-state index in [4.69, 9.17) is 5.73 Å². The van der Waals surface area contributed by atoms with Gasteiger partial charge in [0.15, 0.2) is 0 Å². The molecule has 2 nitrogen and oxygen atoms in total. The second-order valence-electron chi connectivity index (χ2n) is 3.79. The Balaban J connectivity index is 2.94. The molecule has 0 aliphatic carbocycles. The highest BCUT2D eigenvalue weighted by Crippen LogP contribution is 2.25. The molecular formula is C13H16F3NO. The van der Waals surface area contributed by atoms with E-state index in [1.165, 1.54) is 12.1 Å². The molecule has 0 aliphatic heterocycles. The summed E-state index contributed by atoms with van der Waals surface area (Å²) in [4.78, 5) is 0. The molecule has 1 aromatic rings. The summed E-state index contributed by atoms with van der Waals surface area (Å²) in [6, 6.07) is 4.59. The number of halogens is 3. The van der Waals surface area contributed by atoms with Gasteiger partial charge >= 0.3 is 6.36 Å². The average molecular weight is 259 g/mol. The highest BCUT2D eigenvalue weighted by Gasteiger charge is 2.31. The van der Waals surface area contributed by atoms with E-state index in [2.05, 4.69) is 4.74 Å². The van der Waals surface area contributed by atoms with Crippen LogP contribution in [0.4, 0.5) is 13.2 Å². The van der Waals surface area contributed by atoms with Crippen LogP contribution in [0, 0.1) is 0 Å². The van der Waals surface area contributed by atoms with Crippen LogP contribution < -0.4 is 10.5 Å². The van der Waals surface area contributed by atoms with Crippen molar-refractivity contribution in [3.63, 3.8) is 0 Å². The van der Waals surface area contributed by atoms with Crippen LogP contribution in [0.1, 0.15) is 24.5 Å². The maximum Gasteiger partial charge on any atom is 0.573 e. The summed E-state index contributed by atoms with van der Waals surface area (Å²) in [5.41, 5.74) is 6.82. The van der Waals surface area contributed by atoms with Crippen LogP contribution in [-0.4, -0.2) is 12.9 Å². The molecule has 0 amide bonds. The number of hydrogen-bond donors (Lipinski definition) is 1. The first kappa shape index (κ1) is 14.6. The molecule has 0 aliphatic rings. The minimum atomic E-state index is -4.66. The zero-order valence-corrected chi connectivity index (χ0v) is 10.1. The van der Waals surface area contributed by atoms with E-state index in [0.717, 1.165) is 5.56 Å². The molecule has 0 atom stereocenters. The van der Waals surface area contributed by atoms with Crippen molar-refractivity contribution < 1.29 is 17.9 Å². The summed E-state index contributed by atoms with van der Waals surface area (Å²) in [5.74, 6) is -0.186. The lowest BCUT2D eigenvalue weighted by atomic mass is 10.1. The van der Waals surface area contributed by atoms with E-state index in [1.807, 2.05) is 19.1 Å². The van der Waals surface area contributed by atoms with Crippen molar-refractivity contribution in [1.29, 1.82) is 0 Å². The third kappa shape index (κ3) is 5.23. The minimum Gasteiger partial charge on any atom is -0.406 e. The highest BCUT2D eigenvalue weighted by molar-refractivity contribution is 5.53. The highest BCUT2D eigenvalue weighted by atomic mass is 19.4. The molecule has 0 aromatic heterocycles. The van der Waals surface area contributed by atoms with Crippen LogP contribution in [0.15, 0.2) is 24.3 Å². The summed E-state index contributed by atoms with van der Waals surface area (Å²) >= 11 is 0. The topological polar surface area (TPSA) is 35.2 Å². The predicted octanol–water partition coefficient (Wildman–Crippen LogP) is 3.51. The number of rotatable bonds is 5. The Morgan fingerprint density at radius 2 is 2.00 bits per heavy atom. The van der Waals surface area contributed by atoms with Crippen molar-refractivity contribution >= 4 is 6.08 Å². The first-order valence-corrected chi connectivity index (χ1v) is 5.71. The van der Waals surface area contributed by atoms with Crippen molar-refractivity contribution in [2.45, 2.75) is 26.1 Å². The number of ether oxygens (including phenoxy) is 1. The molecule has 5 heteroatoms. The van der Waals surface area contributed by atoms with Gasteiger partial charge in [-0.3, -0.25) is 0 Å². The lowest BCUT2D eigenvalue weighted by molar-refractivity contribution is -0.274. The Kier molecular flexibility index (Phi) is 5.22. The van der Waals surface area contributed by atoms with Gasteiger partial charge in [0.05, 0.1) is 0 Å². The Hall–Kier alpha value is -1.49. The lowest BCUT2D eigenvalue weighted by Crippen LogP contribution is -2.17. The molecule has 0 saturated heterocycles. The lowest BCUT2D eigenvalue weighted by Gasteiger charge is -2.11. The number of aryl methyl sites for hydroxylation is 1. The smallest absolute Gasteiger partial charge is 0.406 e. The number of hydrogen-bond acceptors (Lipinski definition) is 2. The molecule has 0 radical (unpaired) electrons. The van der Waals surface area contributed by atoms with Crippen LogP contribution in [0.5, 0.6) is 5.75 Å². The van der Waals surface area contributed by atoms with E-state index in [0.29, 0.717) is 24.9 Å². The van der Waals surface area contributed by atoms with Gasteiger partial charge < -0.3 is 10.5 Å². The Bertz CT molecular complexity index is 413. The van der Waals surface area contributed by atoms with Crippen molar-refractivity contribution in [3.05, 3.63) is 35.4 Å². The third-order valence-electron chi connectivity index (χ3n) is 2.27. The molecule has 100 valence electrons. The first-order chi connectivity index (χ1) is 8.44. The maximum absolute atomic E-state index is 12.2. The number of benzene rings is 1. The maximum atomic E-state index is 12.2. The molecule has 18 heavy (non-hydrogen) atoms. The van der Waals surface area contributed by atoms with Crippen LogP contribution >= 0.6 is 0 Å². The fourth-order valence-corrected chi connectivity index (χ4v) is 1.49. The van der Waals surface area contributed by atoms with Crippen molar-refractivity contribution in [1.82, 2.24) is 0 Å². The molecule has 0 saturated carbocycles. The van der Waals surface area contributed by atoms with Gasteiger partial charge in [-0.1, -0.05) is 25.1 Å². The zero-order chi connectivity index (χ0) is 13.6. The largest absolute Gasteiger partial charge is 0.573 e. The van der Waals surface area contributed by atoms with Gasteiger partial charge in [-0.05, 0) is 42.6 Å². The Morgan fingerprint density at radius 3 is 2.56 bits per heavy atom. The van der Waals surface area contributed by atoms with E-state index in [-0.39, 0.29) is 5.75 Å². The number of nitrogens with two attached hydrogens (primary N) is 1. The zero-order valence-electron chi connectivity index (χ0n) is 10.1. The van der Waals surface area contributed by atoms with E-state index < -0.39 is 6.36 Å². The van der Waals surface area contributed by atoms with Gasteiger partial charge in [0.25, 0.3) is 0 Å². The minimum absolute atomic E-state index is 0.186. The monoisotopic (exact) mass is 259 g/mol. The van der Waals surface area contributed by atoms with Gasteiger partial charge in [0.2, 0.25) is 0 Å². The molecule has 0 unspecified atom stereocenters. The molecule has 0 bridgehead atoms. The van der Waals surface area contributed by atoms with Crippen molar-refractivity contribution in [3.8, 4) is 5.75 Å². The number of alkyl halides is 3. The summed E-state index contributed by atoms with van der Waals surface area (Å²) < 4.78 is 40.4. The molecule has 1 aromatic carbocycles. The second kappa shape index (κ2) is 6.44. The van der Waals surface area contributed by atoms with E-state index >= 15 is 0 Å². The normalized spacial score (nSPS) is 12.1. The average Bonchev–Trinajstić information content (AvgIpc) is 2.26. The van der Waals surface area contributed by atoms with Gasteiger partial charge in [-0.15, -0.1) is 13.2 Å². The second-order valence-corrected chi connectivity index (χ2v) is 3.79. The molecule has 2 N–H and O–H groups in total. The standard InChI is InChI=1S/C13H16F3NO/c1-2-10-7-11(5-3-4-6-17)9-12(8-10)18-13(14,15)16/h3,5,7-9H,2,4,6,17H2,1H3. The summed E-state index contributed by atoms with van der Waals surface area (Å²) in [6.07, 6.45) is 0.241. The van der Waals surface area contributed by atoms with Gasteiger partial charge in [-0.25, -0.2) is 0 Å². The predicted molar refractivity (Wildman–Crippen MR) is 65.2 cm³/mol. The molecule has 0 fully saturated rings. The van der Waals surface area contributed by atoms with Gasteiger partial charge in [-0.2, -0.15) is 0 Å². The van der Waals surface area contributed by atoms with E-state index in [9.17, 15) is 13.2 Å². The summed E-state index contributed by atoms with van der Waals surface area (Å²) in [5, 5.41) is 0. The first-order valence-electron chi connectivity index (χ1n) is 5.71. The van der Waals surface area contributed by atoms with Crippen LogP contribution in [0.2, 0.25) is 0 Å². The molecule has 1 rings (SSSR count). The van der Waals surface area contributed by atoms with Crippen molar-refractivity contribution in [2.75, 3.05) is 6.54 Å². The molecule has 0 spiro atoms. The van der Waals surface area contributed by atoms with Crippen LogP contribution in [0.25, 0.3) is 6.08 Å². The molecular weight excluding hydrogens is 243 g/mol. The van der Waals surface area contributed by atoms with E-state index in [1.54, 1.807) is 6.08 Å².